The van der Waals surface area contributed by atoms with E-state index >= 15 is 0 Å². The monoisotopic (exact) mass is 545 g/mol. The Morgan fingerprint density at radius 1 is 0.944 bits per heavy atom. The van der Waals surface area contributed by atoms with Crippen molar-refractivity contribution in [3.05, 3.63) is 18.2 Å². The fourth-order valence-corrected chi connectivity index (χ4v) is 4.24. The zero-order chi connectivity index (χ0) is 26.9. The van der Waals surface area contributed by atoms with Crippen molar-refractivity contribution in [2.24, 2.45) is 11.5 Å². The van der Waals surface area contributed by atoms with Gasteiger partial charge in [0.15, 0.2) is 0 Å². The molecule has 14 heteroatoms. The normalized spacial score (nSPS) is 14.3. The third-order valence-corrected chi connectivity index (χ3v) is 6.67. The summed E-state index contributed by atoms with van der Waals surface area (Å²) in [4.78, 5) is 57.3. The first-order chi connectivity index (χ1) is 17.2. The highest BCUT2D eigenvalue weighted by molar-refractivity contribution is 7.98. The van der Waals surface area contributed by atoms with E-state index in [-0.39, 0.29) is 19.3 Å². The third-order valence-electron chi connectivity index (χ3n) is 5.39. The number of carbonyl (C=O) groups is 4. The minimum atomic E-state index is -1.15. The molecule has 204 valence electrons. The maximum Gasteiger partial charge on any atom is 0.326 e. The smallest absolute Gasteiger partial charge is 0.326 e. The van der Waals surface area contributed by atoms with Crippen LogP contribution in [0.3, 0.4) is 0 Å². The Hall–Kier alpha value is -2.29. The summed E-state index contributed by atoms with van der Waals surface area (Å²) in [5.41, 5.74) is 12.2. The molecule has 0 saturated carbocycles. The van der Waals surface area contributed by atoms with Crippen molar-refractivity contribution >= 4 is 47.2 Å². The molecule has 1 aromatic rings. The molecule has 4 unspecified atom stereocenters. The second-order valence-corrected chi connectivity index (χ2v) is 10.2. The Morgan fingerprint density at radius 3 is 2.14 bits per heavy atom. The molecule has 0 radical (unpaired) electrons. The number of carboxylic acid groups (broad SMARTS) is 1. The number of carbonyl (C=O) groups excluding carboxylic acids is 3. The predicted molar refractivity (Wildman–Crippen MR) is 143 cm³/mol. The highest BCUT2D eigenvalue weighted by Gasteiger charge is 2.30. The summed E-state index contributed by atoms with van der Waals surface area (Å²) in [5.74, 6) is -1.56. The highest BCUT2D eigenvalue weighted by atomic mass is 32.2. The van der Waals surface area contributed by atoms with Gasteiger partial charge in [-0.15, -0.1) is 0 Å². The number of carboxylic acids is 1. The van der Waals surface area contributed by atoms with Crippen LogP contribution < -0.4 is 27.4 Å². The predicted octanol–water partition coefficient (Wildman–Crippen LogP) is -0.546. The summed E-state index contributed by atoms with van der Waals surface area (Å²) >= 11 is 3.03. The number of nitrogens with one attached hydrogen (secondary N) is 4. The number of rotatable bonds is 19. The van der Waals surface area contributed by atoms with Crippen molar-refractivity contribution in [1.82, 2.24) is 25.9 Å². The number of aromatic amines is 1. The Kier molecular flexibility index (Phi) is 15.9. The number of hydrogen-bond donors (Lipinski definition) is 7. The molecule has 0 bridgehead atoms. The van der Waals surface area contributed by atoms with Crippen LogP contribution in [0, 0.1) is 0 Å². The first kappa shape index (κ1) is 31.7. The van der Waals surface area contributed by atoms with Gasteiger partial charge in [0, 0.05) is 18.3 Å². The first-order valence-corrected chi connectivity index (χ1v) is 14.6. The van der Waals surface area contributed by atoms with E-state index in [0.717, 1.165) is 0 Å². The van der Waals surface area contributed by atoms with E-state index in [2.05, 4.69) is 25.9 Å². The second kappa shape index (κ2) is 18.0. The molecule has 1 heterocycles. The molecule has 36 heavy (non-hydrogen) atoms. The van der Waals surface area contributed by atoms with Crippen LogP contribution >= 0.6 is 23.5 Å². The van der Waals surface area contributed by atoms with E-state index in [1.807, 2.05) is 12.5 Å². The van der Waals surface area contributed by atoms with Gasteiger partial charge in [0.1, 0.15) is 18.1 Å². The van der Waals surface area contributed by atoms with Gasteiger partial charge in [-0.05, 0) is 62.7 Å². The largest absolute Gasteiger partial charge is 0.480 e. The zero-order valence-corrected chi connectivity index (χ0v) is 22.5. The Bertz CT molecular complexity index is 813. The van der Waals surface area contributed by atoms with Gasteiger partial charge in [-0.2, -0.15) is 23.5 Å². The fraction of sp³-hybridized carbons (Fsp3) is 0.682. The molecule has 0 aromatic carbocycles. The molecule has 1 rings (SSSR count). The van der Waals surface area contributed by atoms with Crippen LogP contribution in [0.15, 0.2) is 12.5 Å². The second-order valence-electron chi connectivity index (χ2n) is 8.26. The summed E-state index contributed by atoms with van der Waals surface area (Å²) in [6.45, 7) is 0.417. The summed E-state index contributed by atoms with van der Waals surface area (Å²) in [5, 5.41) is 17.4. The van der Waals surface area contributed by atoms with Crippen LogP contribution in [0.1, 0.15) is 37.8 Å². The van der Waals surface area contributed by atoms with Crippen LogP contribution in [-0.4, -0.2) is 93.5 Å². The van der Waals surface area contributed by atoms with E-state index in [0.29, 0.717) is 43.0 Å². The van der Waals surface area contributed by atoms with Crippen LogP contribution in [-0.2, 0) is 25.6 Å². The van der Waals surface area contributed by atoms with E-state index in [1.165, 1.54) is 24.3 Å². The molecule has 9 N–H and O–H groups in total. The van der Waals surface area contributed by atoms with Gasteiger partial charge in [-0.1, -0.05) is 0 Å². The number of thioether (sulfide) groups is 2. The van der Waals surface area contributed by atoms with Gasteiger partial charge < -0.3 is 37.5 Å². The van der Waals surface area contributed by atoms with Crippen LogP contribution in [0.4, 0.5) is 0 Å². The van der Waals surface area contributed by atoms with Crippen molar-refractivity contribution in [3.63, 3.8) is 0 Å². The molecule has 0 aliphatic carbocycles. The van der Waals surface area contributed by atoms with Crippen molar-refractivity contribution < 1.29 is 24.3 Å². The van der Waals surface area contributed by atoms with Gasteiger partial charge >= 0.3 is 5.97 Å². The quantitative estimate of drug-likeness (QED) is 0.110. The first-order valence-electron chi connectivity index (χ1n) is 11.8. The molecule has 0 saturated heterocycles. The average molecular weight is 546 g/mol. The standard InChI is InChI=1S/C22H39N7O5S2/c1-35-9-6-15(24)19(30)29-18(11-14-12-25-13-26-14)21(32)27-16(5-3-4-8-23)20(31)28-17(22(33)34)7-10-36-2/h12-13,15-18H,3-11,23-24H2,1-2H3,(H,25,26)(H,27,32)(H,28,31)(H,29,30)(H,33,34). The van der Waals surface area contributed by atoms with E-state index < -0.39 is 47.9 Å². The summed E-state index contributed by atoms with van der Waals surface area (Å²) < 4.78 is 0. The number of nitrogens with zero attached hydrogens (tertiary/aromatic N) is 1. The van der Waals surface area contributed by atoms with E-state index in [4.69, 9.17) is 11.5 Å². The van der Waals surface area contributed by atoms with Gasteiger partial charge in [-0.3, -0.25) is 14.4 Å². The Balaban J connectivity index is 3.00. The Morgan fingerprint density at radius 2 is 1.56 bits per heavy atom. The summed E-state index contributed by atoms with van der Waals surface area (Å²) in [6, 6.07) is -3.87. The van der Waals surface area contributed by atoms with Gasteiger partial charge in [0.25, 0.3) is 0 Å². The molecule has 12 nitrogen and oxygen atoms in total. The highest BCUT2D eigenvalue weighted by Crippen LogP contribution is 2.07. The van der Waals surface area contributed by atoms with Gasteiger partial charge in [0.05, 0.1) is 12.4 Å². The zero-order valence-electron chi connectivity index (χ0n) is 20.8. The van der Waals surface area contributed by atoms with Crippen LogP contribution in [0.25, 0.3) is 0 Å². The van der Waals surface area contributed by atoms with E-state index in [9.17, 15) is 24.3 Å². The molecule has 0 aliphatic heterocycles. The minimum Gasteiger partial charge on any atom is -0.480 e. The topological polar surface area (TPSA) is 205 Å². The van der Waals surface area contributed by atoms with Gasteiger partial charge in [0.2, 0.25) is 17.7 Å². The number of aliphatic carboxylic acids is 1. The molecule has 0 fully saturated rings. The number of unbranched alkanes of at least 4 members (excludes halogenated alkanes) is 1. The molecule has 4 atom stereocenters. The molecule has 1 aromatic heterocycles. The minimum absolute atomic E-state index is 0.107. The van der Waals surface area contributed by atoms with Crippen molar-refractivity contribution in [2.45, 2.75) is 62.7 Å². The lowest BCUT2D eigenvalue weighted by atomic mass is 10.1. The lowest BCUT2D eigenvalue weighted by Gasteiger charge is -2.25. The number of hydrogen-bond acceptors (Lipinski definition) is 9. The Labute approximate surface area is 220 Å². The van der Waals surface area contributed by atoms with Crippen molar-refractivity contribution in [1.29, 1.82) is 0 Å². The lowest BCUT2D eigenvalue weighted by Crippen LogP contribution is -2.57. The fourth-order valence-electron chi connectivity index (χ4n) is 3.28. The number of imidazole rings is 1. The maximum atomic E-state index is 13.3. The van der Waals surface area contributed by atoms with E-state index in [1.54, 1.807) is 11.8 Å². The van der Waals surface area contributed by atoms with Crippen molar-refractivity contribution in [2.75, 3.05) is 30.6 Å². The van der Waals surface area contributed by atoms with Crippen LogP contribution in [0.2, 0.25) is 0 Å². The SMILES string of the molecule is CSCCC(N)C(=O)NC(Cc1cnc[nH]1)C(=O)NC(CCCCN)C(=O)NC(CCSC)C(=O)O. The number of nitrogens with two attached hydrogens (primary N) is 2. The number of aromatic nitrogens is 2. The van der Waals surface area contributed by atoms with Gasteiger partial charge in [-0.25, -0.2) is 9.78 Å². The van der Waals surface area contributed by atoms with Crippen molar-refractivity contribution in [3.8, 4) is 0 Å². The molecule has 0 spiro atoms. The lowest BCUT2D eigenvalue weighted by molar-refractivity contribution is -0.142. The summed E-state index contributed by atoms with van der Waals surface area (Å²) in [6.07, 6.45) is 9.00. The molecular weight excluding hydrogens is 506 g/mol. The molecule has 3 amide bonds. The summed E-state index contributed by atoms with van der Waals surface area (Å²) in [7, 11) is 0. The van der Waals surface area contributed by atoms with Crippen LogP contribution in [0.5, 0.6) is 0 Å². The molecular formula is C22H39N7O5S2. The third kappa shape index (κ3) is 12.1. The average Bonchev–Trinajstić information content (AvgIpc) is 3.36. The maximum absolute atomic E-state index is 13.3. The number of H-pyrrole nitrogens is 1. The number of amides is 3. The molecule has 0 aliphatic rings.